The van der Waals surface area contributed by atoms with E-state index in [1.807, 2.05) is 27.7 Å². The number of anilines is 1. The van der Waals surface area contributed by atoms with Crippen molar-refractivity contribution in [3.8, 4) is 0 Å². The SMILES string of the molecule is CC(=O)NC(C(=O)Nc1ccc(S(=O)(=O)N2C(C)CCCC2C)cc1)C(C)C. The van der Waals surface area contributed by atoms with E-state index >= 15 is 0 Å². The summed E-state index contributed by atoms with van der Waals surface area (Å²) in [5, 5.41) is 5.38. The van der Waals surface area contributed by atoms with Crippen molar-refractivity contribution >= 4 is 27.5 Å². The Morgan fingerprint density at radius 1 is 1.07 bits per heavy atom. The monoisotopic (exact) mass is 409 g/mol. The van der Waals surface area contributed by atoms with Gasteiger partial charge in [0, 0.05) is 24.7 Å². The van der Waals surface area contributed by atoms with Gasteiger partial charge in [0.2, 0.25) is 21.8 Å². The van der Waals surface area contributed by atoms with Gasteiger partial charge >= 0.3 is 0 Å². The number of amides is 2. The van der Waals surface area contributed by atoms with Crippen LogP contribution in [-0.2, 0) is 19.6 Å². The van der Waals surface area contributed by atoms with Crippen LogP contribution in [0.2, 0.25) is 0 Å². The van der Waals surface area contributed by atoms with E-state index < -0.39 is 16.1 Å². The second-order valence-corrected chi connectivity index (χ2v) is 9.74. The standard InChI is InChI=1S/C20H31N3O4S/c1-13(2)19(21-16(5)24)20(25)22-17-9-11-18(12-10-17)28(26,27)23-14(3)7-6-8-15(23)4/h9-15,19H,6-8H2,1-5H3,(H,21,24)(H,22,25). The molecule has 2 N–H and O–H groups in total. The number of nitrogens with zero attached hydrogens (tertiary/aromatic N) is 1. The summed E-state index contributed by atoms with van der Waals surface area (Å²) in [7, 11) is -3.59. The summed E-state index contributed by atoms with van der Waals surface area (Å²) in [5.41, 5.74) is 0.486. The highest BCUT2D eigenvalue weighted by Gasteiger charge is 2.35. The molecule has 1 fully saturated rings. The lowest BCUT2D eigenvalue weighted by atomic mass is 10.0. The highest BCUT2D eigenvalue weighted by molar-refractivity contribution is 7.89. The van der Waals surface area contributed by atoms with Crippen LogP contribution in [0.4, 0.5) is 5.69 Å². The maximum absolute atomic E-state index is 13.1. The molecule has 3 unspecified atom stereocenters. The Balaban J connectivity index is 2.16. The molecule has 28 heavy (non-hydrogen) atoms. The van der Waals surface area contributed by atoms with E-state index in [1.54, 1.807) is 16.4 Å². The number of piperidine rings is 1. The van der Waals surface area contributed by atoms with E-state index in [0.29, 0.717) is 5.69 Å². The van der Waals surface area contributed by atoms with Gasteiger partial charge in [-0.1, -0.05) is 20.3 Å². The third-order valence-corrected chi connectivity index (χ3v) is 7.26. The summed E-state index contributed by atoms with van der Waals surface area (Å²) in [5.74, 6) is -0.690. The van der Waals surface area contributed by atoms with Gasteiger partial charge in [-0.25, -0.2) is 8.42 Å². The summed E-state index contributed by atoms with van der Waals surface area (Å²) in [4.78, 5) is 24.0. The first-order valence-electron chi connectivity index (χ1n) is 9.75. The number of benzene rings is 1. The van der Waals surface area contributed by atoms with Crippen LogP contribution in [0.5, 0.6) is 0 Å². The lowest BCUT2D eigenvalue weighted by Crippen LogP contribution is -2.47. The van der Waals surface area contributed by atoms with Crippen LogP contribution < -0.4 is 10.6 Å². The van der Waals surface area contributed by atoms with Crippen molar-refractivity contribution in [2.75, 3.05) is 5.32 Å². The Bertz CT molecular complexity index is 795. The van der Waals surface area contributed by atoms with Gasteiger partial charge in [-0.15, -0.1) is 0 Å². The predicted molar refractivity (Wildman–Crippen MR) is 109 cm³/mol. The molecule has 1 aliphatic heterocycles. The molecule has 1 aliphatic rings. The lowest BCUT2D eigenvalue weighted by Gasteiger charge is -2.37. The second kappa shape index (κ2) is 9.05. The van der Waals surface area contributed by atoms with E-state index in [9.17, 15) is 18.0 Å². The fraction of sp³-hybridized carbons (Fsp3) is 0.600. The van der Waals surface area contributed by atoms with E-state index in [1.165, 1.54) is 19.1 Å². The summed E-state index contributed by atoms with van der Waals surface area (Å²) in [6.07, 6.45) is 2.75. The van der Waals surface area contributed by atoms with E-state index in [0.717, 1.165) is 19.3 Å². The minimum atomic E-state index is -3.59. The molecule has 7 nitrogen and oxygen atoms in total. The van der Waals surface area contributed by atoms with Crippen molar-refractivity contribution in [1.82, 2.24) is 9.62 Å². The summed E-state index contributed by atoms with van der Waals surface area (Å²) in [6.45, 7) is 8.93. The van der Waals surface area contributed by atoms with Gasteiger partial charge < -0.3 is 10.6 Å². The first-order valence-corrected chi connectivity index (χ1v) is 11.2. The van der Waals surface area contributed by atoms with Crippen molar-refractivity contribution in [3.05, 3.63) is 24.3 Å². The Kier molecular flexibility index (Phi) is 7.22. The first-order chi connectivity index (χ1) is 13.0. The molecule has 1 saturated heterocycles. The molecule has 1 aromatic carbocycles. The number of rotatable bonds is 6. The van der Waals surface area contributed by atoms with E-state index in [2.05, 4.69) is 10.6 Å². The molecule has 3 atom stereocenters. The van der Waals surface area contributed by atoms with Gasteiger partial charge in [-0.05, 0) is 56.9 Å². The Hall–Kier alpha value is -1.93. The third-order valence-electron chi connectivity index (χ3n) is 5.12. The average Bonchev–Trinajstić information content (AvgIpc) is 2.59. The van der Waals surface area contributed by atoms with Gasteiger partial charge in [0.05, 0.1) is 4.90 Å². The number of hydrogen-bond acceptors (Lipinski definition) is 4. The normalized spacial score (nSPS) is 21.9. The van der Waals surface area contributed by atoms with E-state index in [-0.39, 0.29) is 34.7 Å². The molecule has 0 saturated carbocycles. The Morgan fingerprint density at radius 2 is 1.61 bits per heavy atom. The molecule has 1 heterocycles. The predicted octanol–water partition coefficient (Wildman–Crippen LogP) is 2.74. The molecular formula is C20H31N3O4S. The average molecular weight is 410 g/mol. The maximum atomic E-state index is 13.1. The molecule has 8 heteroatoms. The van der Waals surface area contributed by atoms with Crippen molar-refractivity contribution in [3.63, 3.8) is 0 Å². The van der Waals surface area contributed by atoms with Crippen LogP contribution in [0.3, 0.4) is 0 Å². The number of carbonyl (C=O) groups excluding carboxylic acids is 2. The number of hydrogen-bond donors (Lipinski definition) is 2. The van der Waals surface area contributed by atoms with Crippen molar-refractivity contribution in [1.29, 1.82) is 0 Å². The van der Waals surface area contributed by atoms with Gasteiger partial charge in [-0.3, -0.25) is 9.59 Å². The topological polar surface area (TPSA) is 95.6 Å². The molecule has 0 radical (unpaired) electrons. The van der Waals surface area contributed by atoms with Crippen LogP contribution in [0.1, 0.15) is 53.9 Å². The van der Waals surface area contributed by atoms with Gasteiger partial charge in [-0.2, -0.15) is 4.31 Å². The zero-order chi connectivity index (χ0) is 21.1. The van der Waals surface area contributed by atoms with Crippen LogP contribution in [0.15, 0.2) is 29.2 Å². The minimum Gasteiger partial charge on any atom is -0.344 e. The number of sulfonamides is 1. The largest absolute Gasteiger partial charge is 0.344 e. The highest BCUT2D eigenvalue weighted by atomic mass is 32.2. The van der Waals surface area contributed by atoms with Crippen LogP contribution in [-0.4, -0.2) is 42.7 Å². The maximum Gasteiger partial charge on any atom is 0.247 e. The van der Waals surface area contributed by atoms with Crippen LogP contribution >= 0.6 is 0 Å². The van der Waals surface area contributed by atoms with Crippen molar-refractivity contribution in [2.24, 2.45) is 5.92 Å². The molecule has 0 spiro atoms. The van der Waals surface area contributed by atoms with Crippen molar-refractivity contribution in [2.45, 2.75) is 76.9 Å². The smallest absolute Gasteiger partial charge is 0.247 e. The molecule has 0 aliphatic carbocycles. The first kappa shape index (κ1) is 22.4. The fourth-order valence-corrected chi connectivity index (χ4v) is 5.56. The summed E-state index contributed by atoms with van der Waals surface area (Å²) < 4.78 is 27.7. The fourth-order valence-electron chi connectivity index (χ4n) is 3.68. The van der Waals surface area contributed by atoms with Gasteiger partial charge in [0.1, 0.15) is 6.04 Å². The Labute approximate surface area is 167 Å². The van der Waals surface area contributed by atoms with Gasteiger partial charge in [0.15, 0.2) is 0 Å². The third kappa shape index (κ3) is 5.11. The number of nitrogens with one attached hydrogen (secondary N) is 2. The van der Waals surface area contributed by atoms with Crippen LogP contribution in [0.25, 0.3) is 0 Å². The van der Waals surface area contributed by atoms with Crippen molar-refractivity contribution < 1.29 is 18.0 Å². The lowest BCUT2D eigenvalue weighted by molar-refractivity contribution is -0.126. The zero-order valence-electron chi connectivity index (χ0n) is 17.2. The van der Waals surface area contributed by atoms with Gasteiger partial charge in [0.25, 0.3) is 0 Å². The van der Waals surface area contributed by atoms with E-state index in [4.69, 9.17) is 0 Å². The molecule has 2 rings (SSSR count). The summed E-state index contributed by atoms with van der Waals surface area (Å²) in [6, 6.07) is 5.47. The molecular weight excluding hydrogens is 378 g/mol. The zero-order valence-corrected chi connectivity index (χ0v) is 18.0. The molecule has 1 aromatic rings. The molecule has 156 valence electrons. The molecule has 0 aromatic heterocycles. The molecule has 2 amide bonds. The molecule has 0 bridgehead atoms. The number of carbonyl (C=O) groups is 2. The van der Waals surface area contributed by atoms with Crippen LogP contribution in [0, 0.1) is 5.92 Å². The summed E-state index contributed by atoms with van der Waals surface area (Å²) >= 11 is 0. The minimum absolute atomic E-state index is 0.0300. The quantitative estimate of drug-likeness (QED) is 0.755. The Morgan fingerprint density at radius 3 is 2.07 bits per heavy atom. The highest BCUT2D eigenvalue weighted by Crippen LogP contribution is 2.30. The second-order valence-electron chi connectivity index (χ2n) is 7.90.